The first-order valence-electron chi connectivity index (χ1n) is 9.52. The van der Waals surface area contributed by atoms with Crippen LogP contribution in [0, 0.1) is 30.9 Å². The summed E-state index contributed by atoms with van der Waals surface area (Å²) in [6.45, 7) is 5.37. The SMILES string of the molecule is Cc1cccc(-n2nc3c(c2NC(=O)c2cccc([N+](=O)[O-])c2C)CS(=O)(=O)C3)c1C. The van der Waals surface area contributed by atoms with Crippen LogP contribution in [0.1, 0.15) is 38.3 Å². The van der Waals surface area contributed by atoms with E-state index in [1.165, 1.54) is 25.1 Å². The second-order valence-electron chi connectivity index (χ2n) is 7.60. The van der Waals surface area contributed by atoms with Gasteiger partial charge < -0.3 is 5.32 Å². The molecular weight excluding hydrogens is 420 g/mol. The number of rotatable bonds is 4. The maximum absolute atomic E-state index is 13.1. The van der Waals surface area contributed by atoms with Crippen molar-refractivity contribution in [3.63, 3.8) is 0 Å². The molecule has 10 heteroatoms. The largest absolute Gasteiger partial charge is 0.306 e. The number of aromatic nitrogens is 2. The van der Waals surface area contributed by atoms with Gasteiger partial charge in [0.1, 0.15) is 5.82 Å². The van der Waals surface area contributed by atoms with Crippen LogP contribution in [0.25, 0.3) is 5.69 Å². The van der Waals surface area contributed by atoms with Crippen LogP contribution in [0.15, 0.2) is 36.4 Å². The van der Waals surface area contributed by atoms with Crippen molar-refractivity contribution in [2.45, 2.75) is 32.3 Å². The summed E-state index contributed by atoms with van der Waals surface area (Å²) in [6, 6.07) is 9.91. The second-order valence-corrected chi connectivity index (χ2v) is 9.66. The summed E-state index contributed by atoms with van der Waals surface area (Å²) >= 11 is 0. The topological polar surface area (TPSA) is 124 Å². The first-order valence-corrected chi connectivity index (χ1v) is 11.3. The van der Waals surface area contributed by atoms with Crippen LogP contribution in [-0.4, -0.2) is 29.0 Å². The third-order valence-electron chi connectivity index (χ3n) is 5.57. The van der Waals surface area contributed by atoms with E-state index < -0.39 is 20.7 Å². The van der Waals surface area contributed by atoms with Crippen molar-refractivity contribution < 1.29 is 18.1 Å². The van der Waals surface area contributed by atoms with Gasteiger partial charge in [0.15, 0.2) is 9.84 Å². The fourth-order valence-corrected chi connectivity index (χ4v) is 5.25. The number of amides is 1. The number of hydrogen-bond donors (Lipinski definition) is 1. The Hall–Kier alpha value is -3.53. The summed E-state index contributed by atoms with van der Waals surface area (Å²) in [6.07, 6.45) is 0. The number of carbonyl (C=O) groups is 1. The molecule has 0 unspecified atom stereocenters. The Bertz CT molecular complexity index is 1360. The molecule has 1 aliphatic heterocycles. The highest BCUT2D eigenvalue weighted by atomic mass is 32.2. The van der Waals surface area contributed by atoms with Crippen molar-refractivity contribution in [3.05, 3.63) is 80.0 Å². The van der Waals surface area contributed by atoms with E-state index in [1.54, 1.807) is 4.68 Å². The summed E-state index contributed by atoms with van der Waals surface area (Å²) in [5, 5.41) is 18.5. The summed E-state index contributed by atoms with van der Waals surface area (Å²) in [5.74, 6) is -0.726. The minimum Gasteiger partial charge on any atom is -0.306 e. The van der Waals surface area contributed by atoms with Crippen molar-refractivity contribution in [2.24, 2.45) is 0 Å². The van der Waals surface area contributed by atoms with E-state index in [0.717, 1.165) is 16.8 Å². The quantitative estimate of drug-likeness (QED) is 0.490. The lowest BCUT2D eigenvalue weighted by Crippen LogP contribution is -2.18. The Balaban J connectivity index is 1.83. The summed E-state index contributed by atoms with van der Waals surface area (Å²) in [7, 11) is -3.34. The Morgan fingerprint density at radius 1 is 1.10 bits per heavy atom. The van der Waals surface area contributed by atoms with Crippen LogP contribution in [0.5, 0.6) is 0 Å². The van der Waals surface area contributed by atoms with Crippen molar-refractivity contribution in [3.8, 4) is 5.69 Å². The van der Waals surface area contributed by atoms with Gasteiger partial charge in [0, 0.05) is 22.8 Å². The third-order valence-corrected chi connectivity index (χ3v) is 7.01. The lowest BCUT2D eigenvalue weighted by molar-refractivity contribution is -0.385. The maximum Gasteiger partial charge on any atom is 0.273 e. The summed E-state index contributed by atoms with van der Waals surface area (Å²) < 4.78 is 25.9. The highest BCUT2D eigenvalue weighted by molar-refractivity contribution is 7.90. The molecule has 1 amide bonds. The molecule has 0 radical (unpaired) electrons. The van der Waals surface area contributed by atoms with Crippen molar-refractivity contribution >= 4 is 27.2 Å². The number of aryl methyl sites for hydroxylation is 1. The molecule has 0 spiro atoms. The predicted molar refractivity (Wildman–Crippen MR) is 115 cm³/mol. The minimum absolute atomic E-state index is 0.137. The zero-order chi connectivity index (χ0) is 22.5. The van der Waals surface area contributed by atoms with Gasteiger partial charge in [0.25, 0.3) is 11.6 Å². The summed E-state index contributed by atoms with van der Waals surface area (Å²) in [4.78, 5) is 23.8. The van der Waals surface area contributed by atoms with Gasteiger partial charge in [-0.05, 0) is 44.0 Å². The molecule has 1 aromatic heterocycles. The Kier molecular flexibility index (Phi) is 4.89. The molecule has 160 valence electrons. The fraction of sp³-hybridized carbons (Fsp3) is 0.238. The first-order chi connectivity index (χ1) is 14.6. The average Bonchev–Trinajstić information content (AvgIpc) is 3.16. The number of benzene rings is 2. The predicted octanol–water partition coefficient (Wildman–Crippen LogP) is 3.39. The number of nitrogens with one attached hydrogen (secondary N) is 1. The van der Waals surface area contributed by atoms with E-state index in [0.29, 0.717) is 11.3 Å². The molecule has 3 aromatic rings. The van der Waals surface area contributed by atoms with Gasteiger partial charge >= 0.3 is 0 Å². The van der Waals surface area contributed by atoms with Gasteiger partial charge in [0.05, 0.1) is 27.8 Å². The Labute approximate surface area is 178 Å². The number of fused-ring (bicyclic) bond motifs is 1. The lowest BCUT2D eigenvalue weighted by Gasteiger charge is -2.15. The second kappa shape index (κ2) is 7.31. The van der Waals surface area contributed by atoms with E-state index in [9.17, 15) is 23.3 Å². The zero-order valence-corrected chi connectivity index (χ0v) is 18.0. The smallest absolute Gasteiger partial charge is 0.273 e. The van der Waals surface area contributed by atoms with Crippen LogP contribution < -0.4 is 5.32 Å². The molecule has 31 heavy (non-hydrogen) atoms. The number of hydrogen-bond acceptors (Lipinski definition) is 6. The number of sulfone groups is 1. The molecule has 0 saturated carbocycles. The van der Waals surface area contributed by atoms with E-state index in [2.05, 4.69) is 10.4 Å². The van der Waals surface area contributed by atoms with Gasteiger partial charge in [-0.25, -0.2) is 13.1 Å². The molecule has 0 atom stereocenters. The number of carbonyl (C=O) groups excluding carboxylic acids is 1. The monoisotopic (exact) mass is 440 g/mol. The molecule has 2 aromatic carbocycles. The molecule has 1 aliphatic rings. The molecule has 4 rings (SSSR count). The molecule has 0 saturated heterocycles. The van der Waals surface area contributed by atoms with Crippen molar-refractivity contribution in [1.82, 2.24) is 9.78 Å². The molecule has 1 N–H and O–H groups in total. The minimum atomic E-state index is -3.34. The molecule has 0 bridgehead atoms. The number of nitro groups is 1. The van der Waals surface area contributed by atoms with Gasteiger partial charge in [-0.3, -0.25) is 14.9 Å². The number of nitro benzene ring substituents is 1. The van der Waals surface area contributed by atoms with E-state index in [1.807, 2.05) is 32.0 Å². The Morgan fingerprint density at radius 2 is 1.81 bits per heavy atom. The summed E-state index contributed by atoms with van der Waals surface area (Å²) in [5.41, 5.74) is 3.72. The van der Waals surface area contributed by atoms with Crippen LogP contribution >= 0.6 is 0 Å². The van der Waals surface area contributed by atoms with Crippen LogP contribution in [0.2, 0.25) is 0 Å². The standard InChI is InChI=1S/C21H20N4O5S/c1-12-6-4-8-18(13(12)2)24-20(16-10-31(29,30)11-17(16)23-24)22-21(26)15-7-5-9-19(14(15)3)25(27)28/h4-9H,10-11H2,1-3H3,(H,22,26). The average molecular weight is 440 g/mol. The fourth-order valence-electron chi connectivity index (χ4n) is 3.75. The lowest BCUT2D eigenvalue weighted by atomic mass is 10.1. The molecule has 9 nitrogen and oxygen atoms in total. The third kappa shape index (κ3) is 3.59. The highest BCUT2D eigenvalue weighted by Crippen LogP contribution is 2.34. The zero-order valence-electron chi connectivity index (χ0n) is 17.2. The normalized spacial score (nSPS) is 14.3. The molecule has 0 aliphatic carbocycles. The van der Waals surface area contributed by atoms with Gasteiger partial charge in [-0.15, -0.1) is 0 Å². The van der Waals surface area contributed by atoms with Gasteiger partial charge in [0.2, 0.25) is 0 Å². The number of nitrogens with zero attached hydrogens (tertiary/aromatic N) is 3. The molecule has 0 fully saturated rings. The molecular formula is C21H20N4O5S. The Morgan fingerprint density at radius 3 is 2.52 bits per heavy atom. The maximum atomic E-state index is 13.1. The van der Waals surface area contributed by atoms with Crippen molar-refractivity contribution in [2.75, 3.05) is 5.32 Å². The molecule has 2 heterocycles. The van der Waals surface area contributed by atoms with Crippen molar-refractivity contribution in [1.29, 1.82) is 0 Å². The van der Waals surface area contributed by atoms with E-state index in [4.69, 9.17) is 0 Å². The number of anilines is 1. The van der Waals surface area contributed by atoms with E-state index in [-0.39, 0.29) is 34.1 Å². The highest BCUT2D eigenvalue weighted by Gasteiger charge is 2.34. The van der Waals surface area contributed by atoms with Gasteiger partial charge in [-0.1, -0.05) is 18.2 Å². The van der Waals surface area contributed by atoms with E-state index >= 15 is 0 Å². The van der Waals surface area contributed by atoms with Crippen LogP contribution in [0.4, 0.5) is 11.5 Å². The van der Waals surface area contributed by atoms with Gasteiger partial charge in [-0.2, -0.15) is 5.10 Å². The van der Waals surface area contributed by atoms with Crippen LogP contribution in [0.3, 0.4) is 0 Å². The van der Waals surface area contributed by atoms with Crippen LogP contribution in [-0.2, 0) is 21.3 Å². The first kappa shape index (κ1) is 20.7.